The van der Waals surface area contributed by atoms with E-state index >= 15 is 0 Å². The summed E-state index contributed by atoms with van der Waals surface area (Å²) in [7, 11) is 11.4. The molecule has 1 aliphatic carbocycles. The lowest BCUT2D eigenvalue weighted by Crippen LogP contribution is -2.57. The van der Waals surface area contributed by atoms with E-state index in [0.29, 0.717) is 0 Å². The maximum absolute atomic E-state index is 2.41. The van der Waals surface area contributed by atoms with Crippen molar-refractivity contribution in [2.24, 2.45) is 0 Å². The van der Waals surface area contributed by atoms with Gasteiger partial charge in [-0.1, -0.05) is 6.42 Å². The average molecular weight is 185 g/mol. The molecule has 0 unspecified atom stereocenters. The normalized spacial score (nSPS) is 30.9. The van der Waals surface area contributed by atoms with Gasteiger partial charge in [0.25, 0.3) is 0 Å². The second kappa shape index (κ2) is 3.97. The third kappa shape index (κ3) is 2.68. The van der Waals surface area contributed by atoms with Gasteiger partial charge in [-0.25, -0.2) is 0 Å². The summed E-state index contributed by atoms with van der Waals surface area (Å²) in [6.45, 7) is 0. The monoisotopic (exact) mass is 185 g/mol. The molecule has 2 heteroatoms. The van der Waals surface area contributed by atoms with Gasteiger partial charge in [-0.15, -0.1) is 0 Å². The molecular weight excluding hydrogens is 160 g/mol. The first-order valence-corrected chi connectivity index (χ1v) is 5.40. The van der Waals surface area contributed by atoms with Crippen molar-refractivity contribution in [2.75, 3.05) is 35.2 Å². The molecule has 13 heavy (non-hydrogen) atoms. The third-order valence-electron chi connectivity index (χ3n) is 3.35. The van der Waals surface area contributed by atoms with Crippen molar-refractivity contribution in [3.8, 4) is 0 Å². The quantitative estimate of drug-likeness (QED) is 0.590. The van der Waals surface area contributed by atoms with E-state index < -0.39 is 0 Å². The van der Waals surface area contributed by atoms with Gasteiger partial charge in [0, 0.05) is 6.42 Å². The summed E-state index contributed by atoms with van der Waals surface area (Å²) in [5, 5.41) is 0. The molecule has 78 valence electrons. The van der Waals surface area contributed by atoms with Gasteiger partial charge in [0.15, 0.2) is 0 Å². The summed E-state index contributed by atoms with van der Waals surface area (Å²) in [4.78, 5) is 2.41. The number of hydrogen-bond acceptors (Lipinski definition) is 1. The zero-order valence-corrected chi connectivity index (χ0v) is 9.88. The molecular formula is C11H25N2+. The number of likely N-dealkylation sites (N-methyl/N-ethyl adjacent to an activating group) is 2. The Hall–Kier alpha value is -0.0800. The maximum Gasteiger partial charge on any atom is 0.104 e. The average Bonchev–Trinajstić information content (AvgIpc) is 2.03. The highest BCUT2D eigenvalue weighted by atomic mass is 15.3. The van der Waals surface area contributed by atoms with Crippen LogP contribution in [0.3, 0.4) is 0 Å². The van der Waals surface area contributed by atoms with Gasteiger partial charge in [-0.2, -0.15) is 0 Å². The Morgan fingerprint density at radius 2 is 1.54 bits per heavy atom. The van der Waals surface area contributed by atoms with Crippen LogP contribution in [-0.2, 0) is 0 Å². The summed E-state index contributed by atoms with van der Waals surface area (Å²) < 4.78 is 1.11. The molecule has 1 rings (SSSR count). The van der Waals surface area contributed by atoms with Gasteiger partial charge in [0.1, 0.15) is 6.04 Å². The highest BCUT2D eigenvalue weighted by Crippen LogP contribution is 2.27. The van der Waals surface area contributed by atoms with Crippen LogP contribution in [0.4, 0.5) is 0 Å². The van der Waals surface area contributed by atoms with Gasteiger partial charge in [0.2, 0.25) is 0 Å². The Morgan fingerprint density at radius 1 is 1.00 bits per heavy atom. The van der Waals surface area contributed by atoms with Crippen molar-refractivity contribution in [2.45, 2.75) is 37.8 Å². The molecule has 0 saturated heterocycles. The number of nitrogens with zero attached hydrogens (tertiary/aromatic N) is 2. The molecule has 0 spiro atoms. The Morgan fingerprint density at radius 3 is 1.92 bits per heavy atom. The minimum Gasteiger partial charge on any atom is -0.327 e. The number of quaternary nitrogens is 1. The largest absolute Gasteiger partial charge is 0.327 e. The van der Waals surface area contributed by atoms with E-state index in [0.717, 1.165) is 16.6 Å². The lowest BCUT2D eigenvalue weighted by atomic mass is 9.88. The zero-order chi connectivity index (χ0) is 10.1. The van der Waals surface area contributed by atoms with E-state index in [9.17, 15) is 0 Å². The van der Waals surface area contributed by atoms with Crippen LogP contribution in [0, 0.1) is 0 Å². The Balaban J connectivity index is 2.67. The molecule has 1 aliphatic rings. The lowest BCUT2D eigenvalue weighted by Gasteiger charge is -2.44. The molecule has 1 fully saturated rings. The van der Waals surface area contributed by atoms with Gasteiger partial charge < -0.3 is 9.38 Å². The molecule has 0 bridgehead atoms. The first-order valence-electron chi connectivity index (χ1n) is 5.40. The summed E-state index contributed by atoms with van der Waals surface area (Å²) >= 11 is 0. The van der Waals surface area contributed by atoms with Crippen molar-refractivity contribution in [3.05, 3.63) is 0 Å². The summed E-state index contributed by atoms with van der Waals surface area (Å²) in [5.41, 5.74) is 0. The SMILES string of the molecule is CN(C)[C@@H]1CCCC[C@@H]1[N+](C)(C)C. The minimum atomic E-state index is 0.786. The molecule has 0 aromatic heterocycles. The number of rotatable bonds is 2. The standard InChI is InChI=1S/C11H25N2/c1-12(2)10-8-6-7-9-11(10)13(3,4)5/h10-11H,6-9H2,1-5H3/q+1/t10-,11+/m1/s1. The molecule has 0 N–H and O–H groups in total. The Bertz CT molecular complexity index is 158. The lowest BCUT2D eigenvalue weighted by molar-refractivity contribution is -0.899. The summed E-state index contributed by atoms with van der Waals surface area (Å²) in [6.07, 6.45) is 5.61. The summed E-state index contributed by atoms with van der Waals surface area (Å²) in [6, 6.07) is 1.61. The zero-order valence-electron chi connectivity index (χ0n) is 9.88. The number of hydrogen-bond donors (Lipinski definition) is 0. The van der Waals surface area contributed by atoms with Crippen molar-refractivity contribution in [1.82, 2.24) is 4.90 Å². The first-order chi connectivity index (χ1) is 5.93. The van der Waals surface area contributed by atoms with Crippen molar-refractivity contribution >= 4 is 0 Å². The van der Waals surface area contributed by atoms with Gasteiger partial charge in [0.05, 0.1) is 27.2 Å². The predicted molar refractivity (Wildman–Crippen MR) is 57.8 cm³/mol. The minimum absolute atomic E-state index is 0.786. The van der Waals surface area contributed by atoms with Crippen LogP contribution < -0.4 is 0 Å². The van der Waals surface area contributed by atoms with Crippen molar-refractivity contribution in [1.29, 1.82) is 0 Å². The highest BCUT2D eigenvalue weighted by molar-refractivity contribution is 4.81. The van der Waals surface area contributed by atoms with Crippen LogP contribution >= 0.6 is 0 Å². The van der Waals surface area contributed by atoms with E-state index in [4.69, 9.17) is 0 Å². The van der Waals surface area contributed by atoms with Gasteiger partial charge in [-0.3, -0.25) is 0 Å². The summed E-state index contributed by atoms with van der Waals surface area (Å²) in [5.74, 6) is 0. The van der Waals surface area contributed by atoms with Crippen LogP contribution in [0.15, 0.2) is 0 Å². The topological polar surface area (TPSA) is 3.24 Å². The second-order valence-corrected chi connectivity index (χ2v) is 5.50. The van der Waals surface area contributed by atoms with Gasteiger partial charge >= 0.3 is 0 Å². The van der Waals surface area contributed by atoms with Crippen LogP contribution in [-0.4, -0.2) is 56.7 Å². The molecule has 0 radical (unpaired) electrons. The predicted octanol–water partition coefficient (Wildman–Crippen LogP) is 1.57. The first kappa shape index (κ1) is 11.0. The van der Waals surface area contributed by atoms with Crippen LogP contribution in [0.2, 0.25) is 0 Å². The van der Waals surface area contributed by atoms with Crippen molar-refractivity contribution < 1.29 is 4.48 Å². The van der Waals surface area contributed by atoms with Crippen LogP contribution in [0.25, 0.3) is 0 Å². The molecule has 0 heterocycles. The fraction of sp³-hybridized carbons (Fsp3) is 1.00. The Labute approximate surface area is 83.1 Å². The fourth-order valence-corrected chi connectivity index (χ4v) is 2.60. The highest BCUT2D eigenvalue weighted by Gasteiger charge is 2.35. The van der Waals surface area contributed by atoms with Crippen molar-refractivity contribution in [3.63, 3.8) is 0 Å². The van der Waals surface area contributed by atoms with E-state index in [1.807, 2.05) is 0 Å². The molecule has 0 amide bonds. The molecule has 0 aliphatic heterocycles. The molecule has 2 nitrogen and oxygen atoms in total. The van der Waals surface area contributed by atoms with E-state index in [2.05, 4.69) is 40.1 Å². The van der Waals surface area contributed by atoms with E-state index in [-0.39, 0.29) is 0 Å². The Kier molecular flexibility index (Phi) is 3.36. The molecule has 2 atom stereocenters. The molecule has 1 saturated carbocycles. The van der Waals surface area contributed by atoms with Crippen LogP contribution in [0.1, 0.15) is 25.7 Å². The van der Waals surface area contributed by atoms with Crippen LogP contribution in [0.5, 0.6) is 0 Å². The second-order valence-electron chi connectivity index (χ2n) is 5.50. The van der Waals surface area contributed by atoms with E-state index in [1.54, 1.807) is 0 Å². The maximum atomic E-state index is 2.41. The van der Waals surface area contributed by atoms with Gasteiger partial charge in [-0.05, 0) is 26.9 Å². The third-order valence-corrected chi connectivity index (χ3v) is 3.35. The smallest absolute Gasteiger partial charge is 0.104 e. The van der Waals surface area contributed by atoms with E-state index in [1.165, 1.54) is 25.7 Å². The fourth-order valence-electron chi connectivity index (χ4n) is 2.60. The molecule has 0 aromatic rings. The molecule has 0 aromatic carbocycles.